The maximum atomic E-state index is 13.9. The molecule has 50 heavy (non-hydrogen) atoms. The van der Waals surface area contributed by atoms with Crippen LogP contribution < -0.4 is 0 Å². The topological polar surface area (TPSA) is 23.5 Å². The first-order valence-electron chi connectivity index (χ1n) is 18.3. The molecule has 0 saturated carbocycles. The minimum atomic E-state index is -1.42. The van der Waals surface area contributed by atoms with Gasteiger partial charge in [-0.3, -0.25) is 0 Å². The van der Waals surface area contributed by atoms with E-state index in [9.17, 15) is 9.50 Å². The third kappa shape index (κ3) is 8.71. The summed E-state index contributed by atoms with van der Waals surface area (Å²) in [4.78, 5) is 2.59. The Kier molecular flexibility index (Phi) is 14.1. The van der Waals surface area contributed by atoms with E-state index in [-0.39, 0.29) is 23.2 Å². The van der Waals surface area contributed by atoms with Gasteiger partial charge in [0.1, 0.15) is 11.6 Å². The number of halogens is 3. The van der Waals surface area contributed by atoms with E-state index in [1.807, 2.05) is 6.07 Å². The molecule has 1 N–H and O–H groups in total. The van der Waals surface area contributed by atoms with Crippen molar-refractivity contribution >= 4 is 24.8 Å². The van der Waals surface area contributed by atoms with Crippen molar-refractivity contribution in [3.8, 4) is 28.0 Å². The zero-order valence-corrected chi connectivity index (χ0v) is 34.3. The Labute approximate surface area is 314 Å². The van der Waals surface area contributed by atoms with Gasteiger partial charge in [0.2, 0.25) is 0 Å². The molecule has 0 aromatic heterocycles. The Morgan fingerprint density at radius 3 is 2.12 bits per heavy atom. The van der Waals surface area contributed by atoms with Crippen LogP contribution in [0.2, 0.25) is 13.1 Å². The van der Waals surface area contributed by atoms with Crippen molar-refractivity contribution in [1.29, 1.82) is 0 Å². The van der Waals surface area contributed by atoms with Gasteiger partial charge in [0.25, 0.3) is 0 Å². The van der Waals surface area contributed by atoms with Gasteiger partial charge in [0, 0.05) is 17.0 Å². The molecule has 1 fully saturated rings. The van der Waals surface area contributed by atoms with E-state index in [1.165, 1.54) is 95.9 Å². The monoisotopic (exact) mass is 762 g/mol. The number of rotatable bonds is 8. The van der Waals surface area contributed by atoms with Crippen molar-refractivity contribution in [1.82, 2.24) is 4.90 Å². The summed E-state index contributed by atoms with van der Waals surface area (Å²) in [5.74, 6) is -0.209. The number of benzene rings is 4. The normalized spacial score (nSPS) is 16.6. The van der Waals surface area contributed by atoms with Crippen LogP contribution in [0.3, 0.4) is 0 Å². The van der Waals surface area contributed by atoms with E-state index in [1.54, 1.807) is 0 Å². The van der Waals surface area contributed by atoms with E-state index in [4.69, 9.17) is 18.6 Å². The number of likely N-dealkylation sites (tertiary alicyclic amines) is 1. The van der Waals surface area contributed by atoms with Gasteiger partial charge in [-0.05, 0) is 90.9 Å². The molecule has 0 amide bonds. The van der Waals surface area contributed by atoms with Crippen molar-refractivity contribution in [2.45, 2.75) is 96.7 Å². The van der Waals surface area contributed by atoms with Gasteiger partial charge >= 0.3 is 52.4 Å². The van der Waals surface area contributed by atoms with E-state index in [0.717, 1.165) is 31.2 Å². The molecule has 1 heterocycles. The molecule has 0 spiro atoms. The summed E-state index contributed by atoms with van der Waals surface area (Å²) in [6.45, 7) is 13.5. The first-order chi connectivity index (χ1) is 24.1. The second-order valence-corrected chi connectivity index (χ2v) is 30.1. The average Bonchev–Trinajstić information content (AvgIpc) is 3.83. The predicted molar refractivity (Wildman–Crippen MR) is 209 cm³/mol. The van der Waals surface area contributed by atoms with Crippen LogP contribution in [0.5, 0.6) is 5.75 Å². The van der Waals surface area contributed by atoms with Crippen LogP contribution in [0.1, 0.15) is 100 Å². The van der Waals surface area contributed by atoms with Gasteiger partial charge in [-0.25, -0.2) is 4.39 Å². The van der Waals surface area contributed by atoms with Gasteiger partial charge in [-0.1, -0.05) is 88.9 Å². The third-order valence-electron chi connectivity index (χ3n) is 10.3. The molecule has 1 atom stereocenters. The van der Waals surface area contributed by atoms with Crippen molar-refractivity contribution in [3.63, 3.8) is 0 Å². The molecule has 7 heteroatoms. The fourth-order valence-corrected chi connectivity index (χ4v) is 7.82. The number of hydrogen-bond acceptors (Lipinski definition) is 2. The van der Waals surface area contributed by atoms with Crippen LogP contribution in [0.4, 0.5) is 4.39 Å². The summed E-state index contributed by atoms with van der Waals surface area (Å²) in [6, 6.07) is 28.5. The SMILES string of the molecule is CC1=[C-]c2ccccc2C1N1CCCC1.CCCCC1(CCCC)c2ccccc2-c2ccc(-c3cc(F)ccc3O)cc21.C[Si](C)=[Ti]([Cl])[Cl]. The fraction of sp³-hybridized carbons (Fsp3) is 0.395. The summed E-state index contributed by atoms with van der Waals surface area (Å²) in [5.41, 5.74) is 10.9. The Bertz CT molecular complexity index is 1820. The first-order valence-corrected chi connectivity index (χ1v) is 27.4. The van der Waals surface area contributed by atoms with Crippen LogP contribution in [-0.4, -0.2) is 29.3 Å². The maximum absolute atomic E-state index is 13.9. The minimum absolute atomic E-state index is 0.00307. The number of phenols is 1. The van der Waals surface area contributed by atoms with Gasteiger partial charge in [-0.2, -0.15) is 17.7 Å². The Balaban J connectivity index is 0.000000191. The van der Waals surface area contributed by atoms with Gasteiger partial charge in [0.15, 0.2) is 0 Å². The summed E-state index contributed by atoms with van der Waals surface area (Å²) < 4.78 is 13.9. The summed E-state index contributed by atoms with van der Waals surface area (Å²) in [7, 11) is 11.2. The molecule has 1 aliphatic heterocycles. The van der Waals surface area contributed by atoms with E-state index in [2.05, 4.69) is 106 Å². The van der Waals surface area contributed by atoms with Crippen molar-refractivity contribution in [3.05, 3.63) is 125 Å². The summed E-state index contributed by atoms with van der Waals surface area (Å²) in [6.07, 6.45) is 12.9. The summed E-state index contributed by atoms with van der Waals surface area (Å²) in [5, 5.41) is 10.4. The molecule has 0 radical (unpaired) electrons. The van der Waals surface area contributed by atoms with Crippen LogP contribution in [0.15, 0.2) is 90.5 Å². The molecule has 2 nitrogen and oxygen atoms in total. The zero-order valence-electron chi connectivity index (χ0n) is 30.3. The zero-order chi connectivity index (χ0) is 35.8. The van der Waals surface area contributed by atoms with E-state index in [0.29, 0.717) is 11.6 Å². The number of fused-ring (bicyclic) bond motifs is 4. The number of nitrogens with zero attached hydrogens (tertiary/aromatic N) is 1. The number of phenolic OH excluding ortho intramolecular Hbond substituents is 1. The van der Waals surface area contributed by atoms with Gasteiger partial charge < -0.3 is 10.0 Å². The van der Waals surface area contributed by atoms with Crippen LogP contribution in [0, 0.1) is 11.9 Å². The molecular formula is C43H51Cl2FNOSiTi-. The fourth-order valence-electron chi connectivity index (χ4n) is 7.82. The predicted octanol–water partition coefficient (Wildman–Crippen LogP) is 12.9. The molecular weight excluding hydrogens is 712 g/mol. The number of unbranched alkanes of at least 4 members (excludes halogenated alkanes) is 2. The molecule has 2 aliphatic carbocycles. The van der Waals surface area contributed by atoms with E-state index >= 15 is 0 Å². The average molecular weight is 764 g/mol. The second-order valence-electron chi connectivity index (χ2n) is 14.1. The van der Waals surface area contributed by atoms with Gasteiger partial charge in [0.05, 0.1) is 0 Å². The molecule has 4 aromatic carbocycles. The third-order valence-corrected chi connectivity index (χ3v) is 24.0. The molecule has 1 saturated heterocycles. The van der Waals surface area contributed by atoms with Gasteiger partial charge in [-0.15, -0.1) is 23.3 Å². The molecule has 264 valence electrons. The van der Waals surface area contributed by atoms with Crippen LogP contribution in [-0.2, 0) is 19.9 Å². The molecule has 7 rings (SSSR count). The molecule has 0 bridgehead atoms. The van der Waals surface area contributed by atoms with Crippen molar-refractivity contribution < 1.29 is 24.0 Å². The van der Waals surface area contributed by atoms with Crippen molar-refractivity contribution in [2.75, 3.05) is 13.1 Å². The molecule has 4 aromatic rings. The first kappa shape index (κ1) is 39.0. The second kappa shape index (κ2) is 18.0. The molecule has 1 unspecified atom stereocenters. The standard InChI is InChI=1S/C27H29FO.C14H16N.C2H6Si.2ClH.Ti/c1-3-5-15-27(16-6-4-2)24-10-8-7-9-21(24)22-13-11-19(17-25(22)27)23-18-20(28)12-14-26(23)29;1-11-10-12-6-2-3-7-13(12)14(11)15-8-4-5-9-15;1-3-2;;;/h7-14,17-18,29H,3-6,15-16H2,1-2H3;2-3,6-7,14H,4-5,8-9H2,1H3;1-2H3;2*1H;/q;-1;;;;+2/p-2. The number of aromatic hydroxyl groups is 1. The Morgan fingerprint density at radius 1 is 0.840 bits per heavy atom. The summed E-state index contributed by atoms with van der Waals surface area (Å²) >= 11 is -1.42. The van der Waals surface area contributed by atoms with E-state index < -0.39 is 14.5 Å². The Hall–Kier alpha value is -2.18. The molecule has 3 aliphatic rings. The van der Waals surface area contributed by atoms with Crippen LogP contribution >= 0.6 is 18.6 Å². The van der Waals surface area contributed by atoms with Crippen LogP contribution in [0.25, 0.3) is 22.3 Å². The quantitative estimate of drug-likeness (QED) is 0.143. The van der Waals surface area contributed by atoms with Crippen molar-refractivity contribution in [2.24, 2.45) is 0 Å². The number of hydrogen-bond donors (Lipinski definition) is 1. The Morgan fingerprint density at radius 2 is 1.46 bits per heavy atom.